The molecule has 1 aromatic carbocycles. The molecule has 3 rings (SSSR count). The van der Waals surface area contributed by atoms with E-state index in [4.69, 9.17) is 11.6 Å². The van der Waals surface area contributed by atoms with Crippen LogP contribution in [0.15, 0.2) is 29.6 Å². The Morgan fingerprint density at radius 1 is 1.33 bits per heavy atom. The third-order valence-corrected chi connectivity index (χ3v) is 4.55. The normalized spacial score (nSPS) is 13.9. The van der Waals surface area contributed by atoms with Crippen molar-refractivity contribution in [2.45, 2.75) is 18.7 Å². The number of fused-ring (bicyclic) bond motifs is 1. The lowest BCUT2D eigenvalue weighted by atomic mass is 10.2. The molecule has 0 bridgehead atoms. The van der Waals surface area contributed by atoms with Gasteiger partial charge in [-0.15, -0.1) is 22.9 Å². The number of hydrogen-bond acceptors (Lipinski definition) is 3. The number of anilines is 1. The molecule has 2 heterocycles. The van der Waals surface area contributed by atoms with Crippen LogP contribution in [0.1, 0.15) is 16.3 Å². The van der Waals surface area contributed by atoms with Gasteiger partial charge in [-0.1, -0.05) is 18.2 Å². The molecule has 2 nitrogen and oxygen atoms in total. The van der Waals surface area contributed by atoms with Gasteiger partial charge in [-0.3, -0.25) is 0 Å². The van der Waals surface area contributed by atoms with Gasteiger partial charge in [0, 0.05) is 30.6 Å². The van der Waals surface area contributed by atoms with Gasteiger partial charge in [-0.25, -0.2) is 4.98 Å². The number of halogens is 1. The maximum absolute atomic E-state index is 5.77. The van der Waals surface area contributed by atoms with Crippen LogP contribution in [0.4, 0.5) is 5.69 Å². The summed E-state index contributed by atoms with van der Waals surface area (Å²) in [5, 5.41) is 3.25. The summed E-state index contributed by atoms with van der Waals surface area (Å²) in [4.78, 5) is 6.96. The van der Waals surface area contributed by atoms with Crippen LogP contribution in [0.5, 0.6) is 0 Å². The largest absolute Gasteiger partial charge is 0.371 e. The quantitative estimate of drug-likeness (QED) is 0.796. The Morgan fingerprint density at radius 3 is 3.06 bits per heavy atom. The zero-order valence-corrected chi connectivity index (χ0v) is 11.7. The lowest BCUT2D eigenvalue weighted by Crippen LogP contribution is -2.23. The lowest BCUT2D eigenvalue weighted by Gasteiger charge is -2.18. The minimum atomic E-state index is 0.517. The second-order valence-electron chi connectivity index (χ2n) is 4.48. The number of benzene rings is 1. The fourth-order valence-electron chi connectivity index (χ4n) is 2.39. The molecule has 18 heavy (non-hydrogen) atoms. The number of aromatic nitrogens is 1. The van der Waals surface area contributed by atoms with Crippen molar-refractivity contribution in [1.82, 2.24) is 4.98 Å². The maximum atomic E-state index is 5.77. The molecule has 0 amide bonds. The zero-order valence-electron chi connectivity index (χ0n) is 10.1. The number of para-hydroxylation sites is 1. The SMILES string of the molecule is ClCc1csc(CCN2CCc3ccccc32)n1. The van der Waals surface area contributed by atoms with E-state index in [-0.39, 0.29) is 0 Å². The van der Waals surface area contributed by atoms with Crippen LogP contribution in [0.3, 0.4) is 0 Å². The first kappa shape index (κ1) is 12.0. The summed E-state index contributed by atoms with van der Waals surface area (Å²) in [5.41, 5.74) is 3.86. The second-order valence-corrected chi connectivity index (χ2v) is 5.69. The number of nitrogens with zero attached hydrogens (tertiary/aromatic N) is 2. The van der Waals surface area contributed by atoms with Gasteiger partial charge >= 0.3 is 0 Å². The van der Waals surface area contributed by atoms with Crippen molar-refractivity contribution in [3.63, 3.8) is 0 Å². The number of rotatable bonds is 4. The standard InChI is InChI=1S/C14H15ClN2S/c15-9-12-10-18-14(16-12)6-8-17-7-5-11-3-1-2-4-13(11)17/h1-4,10H,5-9H2. The molecular formula is C14H15ClN2S. The molecule has 4 heteroatoms. The molecule has 0 saturated heterocycles. The van der Waals surface area contributed by atoms with Crippen LogP contribution >= 0.6 is 22.9 Å². The fourth-order valence-corrected chi connectivity index (χ4v) is 3.41. The molecule has 0 radical (unpaired) electrons. The summed E-state index contributed by atoms with van der Waals surface area (Å²) in [6.45, 7) is 2.18. The Bertz CT molecular complexity index is 538. The average Bonchev–Trinajstić information content (AvgIpc) is 3.03. The van der Waals surface area contributed by atoms with Crippen molar-refractivity contribution in [2.24, 2.45) is 0 Å². The maximum Gasteiger partial charge on any atom is 0.0946 e. The van der Waals surface area contributed by atoms with Crippen LogP contribution in [-0.4, -0.2) is 18.1 Å². The molecule has 2 aromatic rings. The topological polar surface area (TPSA) is 16.1 Å². The van der Waals surface area contributed by atoms with Crippen LogP contribution in [0.2, 0.25) is 0 Å². The lowest BCUT2D eigenvalue weighted by molar-refractivity contribution is 0.807. The van der Waals surface area contributed by atoms with E-state index in [1.807, 2.05) is 0 Å². The first-order chi connectivity index (χ1) is 8.86. The van der Waals surface area contributed by atoms with E-state index in [2.05, 4.69) is 39.5 Å². The van der Waals surface area contributed by atoms with Gasteiger partial charge < -0.3 is 4.90 Å². The van der Waals surface area contributed by atoms with Gasteiger partial charge in [-0.2, -0.15) is 0 Å². The van der Waals surface area contributed by atoms with Crippen LogP contribution in [0.25, 0.3) is 0 Å². The molecule has 1 aliphatic heterocycles. The van der Waals surface area contributed by atoms with Crippen molar-refractivity contribution in [2.75, 3.05) is 18.0 Å². The first-order valence-corrected chi connectivity index (χ1v) is 7.60. The molecule has 0 fully saturated rings. The summed E-state index contributed by atoms with van der Waals surface area (Å²) >= 11 is 7.48. The predicted octanol–water partition coefficient (Wildman–Crippen LogP) is 3.49. The molecule has 1 aliphatic rings. The van der Waals surface area contributed by atoms with E-state index < -0.39 is 0 Å². The molecule has 0 atom stereocenters. The highest BCUT2D eigenvalue weighted by Crippen LogP contribution is 2.27. The van der Waals surface area contributed by atoms with E-state index in [1.54, 1.807) is 11.3 Å². The average molecular weight is 279 g/mol. The van der Waals surface area contributed by atoms with Gasteiger partial charge in [0.1, 0.15) is 0 Å². The van der Waals surface area contributed by atoms with Gasteiger partial charge in [0.05, 0.1) is 16.6 Å². The summed E-state index contributed by atoms with van der Waals surface area (Å²) in [6.07, 6.45) is 2.18. The molecular weight excluding hydrogens is 264 g/mol. The molecule has 0 saturated carbocycles. The molecule has 1 aromatic heterocycles. The van der Waals surface area contributed by atoms with Crippen molar-refractivity contribution in [3.05, 3.63) is 45.9 Å². The van der Waals surface area contributed by atoms with Crippen molar-refractivity contribution >= 4 is 28.6 Å². The Balaban J connectivity index is 1.65. The van der Waals surface area contributed by atoms with E-state index in [0.29, 0.717) is 5.88 Å². The summed E-state index contributed by atoms with van der Waals surface area (Å²) in [7, 11) is 0. The van der Waals surface area contributed by atoms with E-state index in [1.165, 1.54) is 22.7 Å². The highest BCUT2D eigenvalue weighted by molar-refractivity contribution is 7.09. The molecule has 94 valence electrons. The Hall–Kier alpha value is -1.06. The van der Waals surface area contributed by atoms with E-state index >= 15 is 0 Å². The molecule has 0 spiro atoms. The van der Waals surface area contributed by atoms with Crippen molar-refractivity contribution in [3.8, 4) is 0 Å². The molecule has 0 N–H and O–H groups in total. The first-order valence-electron chi connectivity index (χ1n) is 6.19. The number of thiazole rings is 1. The van der Waals surface area contributed by atoms with Crippen molar-refractivity contribution < 1.29 is 0 Å². The van der Waals surface area contributed by atoms with Crippen LogP contribution < -0.4 is 4.90 Å². The highest BCUT2D eigenvalue weighted by atomic mass is 35.5. The smallest absolute Gasteiger partial charge is 0.0946 e. The van der Waals surface area contributed by atoms with Crippen LogP contribution in [-0.2, 0) is 18.7 Å². The summed E-state index contributed by atoms with van der Waals surface area (Å²) in [5.74, 6) is 0.517. The van der Waals surface area contributed by atoms with Crippen LogP contribution in [0, 0.1) is 0 Å². The van der Waals surface area contributed by atoms with E-state index in [0.717, 1.165) is 25.2 Å². The zero-order chi connectivity index (χ0) is 12.4. The molecule has 0 unspecified atom stereocenters. The Labute approximate surface area is 116 Å². The second kappa shape index (κ2) is 5.29. The monoisotopic (exact) mass is 278 g/mol. The molecule has 0 aliphatic carbocycles. The minimum Gasteiger partial charge on any atom is -0.371 e. The number of hydrogen-bond donors (Lipinski definition) is 0. The Kier molecular flexibility index (Phi) is 3.52. The van der Waals surface area contributed by atoms with Gasteiger partial charge in [0.25, 0.3) is 0 Å². The third-order valence-electron chi connectivity index (χ3n) is 3.32. The van der Waals surface area contributed by atoms with Gasteiger partial charge in [0.15, 0.2) is 0 Å². The minimum absolute atomic E-state index is 0.517. The van der Waals surface area contributed by atoms with Gasteiger partial charge in [-0.05, 0) is 18.1 Å². The highest BCUT2D eigenvalue weighted by Gasteiger charge is 2.17. The Morgan fingerprint density at radius 2 is 2.22 bits per heavy atom. The summed E-state index contributed by atoms with van der Waals surface area (Å²) in [6, 6.07) is 8.68. The predicted molar refractivity (Wildman–Crippen MR) is 77.7 cm³/mol. The van der Waals surface area contributed by atoms with Gasteiger partial charge in [0.2, 0.25) is 0 Å². The number of alkyl halides is 1. The van der Waals surface area contributed by atoms with Crippen molar-refractivity contribution in [1.29, 1.82) is 0 Å². The summed E-state index contributed by atoms with van der Waals surface area (Å²) < 4.78 is 0. The van der Waals surface area contributed by atoms with E-state index in [9.17, 15) is 0 Å². The fraction of sp³-hybridized carbons (Fsp3) is 0.357. The third kappa shape index (κ3) is 2.38.